The Kier molecular flexibility index (Phi) is 5.37. The fourth-order valence-electron chi connectivity index (χ4n) is 3.62. The number of aromatic amines is 1. The SMILES string of the molecule is COCCNC(=O)c1cccc(C2CC(=O)c3[nH]c(=O)c4ccc(C)cc4c3O2)c1. The lowest BCUT2D eigenvalue weighted by molar-refractivity contribution is 0.0844. The number of pyridine rings is 1. The molecule has 1 aliphatic rings. The number of carbonyl (C=O) groups is 2. The Hall–Kier alpha value is -3.45. The van der Waals surface area contributed by atoms with Gasteiger partial charge in [-0.25, -0.2) is 0 Å². The molecule has 0 fully saturated rings. The summed E-state index contributed by atoms with van der Waals surface area (Å²) in [6.45, 7) is 2.75. The molecule has 1 atom stereocenters. The molecular weight excluding hydrogens is 384 g/mol. The molecule has 7 heteroatoms. The van der Waals surface area contributed by atoms with Crippen LogP contribution in [0.5, 0.6) is 5.75 Å². The minimum Gasteiger partial charge on any atom is -0.482 e. The molecule has 0 saturated heterocycles. The van der Waals surface area contributed by atoms with Gasteiger partial charge >= 0.3 is 0 Å². The van der Waals surface area contributed by atoms with Crippen LogP contribution in [-0.4, -0.2) is 36.9 Å². The van der Waals surface area contributed by atoms with Crippen molar-refractivity contribution in [2.24, 2.45) is 0 Å². The highest BCUT2D eigenvalue weighted by Crippen LogP contribution is 2.38. The molecule has 7 nitrogen and oxygen atoms in total. The Morgan fingerprint density at radius 2 is 2.03 bits per heavy atom. The fraction of sp³-hybridized carbons (Fsp3) is 0.261. The maximum absolute atomic E-state index is 12.8. The maximum Gasteiger partial charge on any atom is 0.256 e. The Bertz CT molecular complexity index is 1200. The highest BCUT2D eigenvalue weighted by molar-refractivity contribution is 6.04. The quantitative estimate of drug-likeness (QED) is 0.635. The Morgan fingerprint density at radius 1 is 1.20 bits per heavy atom. The summed E-state index contributed by atoms with van der Waals surface area (Å²) in [5, 5.41) is 3.86. The van der Waals surface area contributed by atoms with E-state index in [-0.39, 0.29) is 29.4 Å². The first kappa shape index (κ1) is 19.8. The molecule has 0 spiro atoms. The zero-order chi connectivity index (χ0) is 21.3. The molecule has 0 aliphatic carbocycles. The molecule has 2 N–H and O–H groups in total. The molecule has 2 aromatic carbocycles. The third-order valence-corrected chi connectivity index (χ3v) is 5.15. The Balaban J connectivity index is 1.69. The van der Waals surface area contributed by atoms with E-state index in [9.17, 15) is 14.4 Å². The maximum atomic E-state index is 12.8. The lowest BCUT2D eigenvalue weighted by Gasteiger charge is -2.26. The molecule has 1 unspecified atom stereocenters. The van der Waals surface area contributed by atoms with Crippen molar-refractivity contribution in [3.8, 4) is 5.75 Å². The number of amides is 1. The van der Waals surface area contributed by atoms with Gasteiger partial charge in [-0.3, -0.25) is 14.4 Å². The smallest absolute Gasteiger partial charge is 0.256 e. The number of fused-ring (bicyclic) bond motifs is 3. The van der Waals surface area contributed by atoms with Crippen molar-refractivity contribution in [1.29, 1.82) is 0 Å². The zero-order valence-electron chi connectivity index (χ0n) is 16.8. The van der Waals surface area contributed by atoms with Crippen LogP contribution in [0, 0.1) is 6.92 Å². The van der Waals surface area contributed by atoms with E-state index in [0.717, 1.165) is 11.1 Å². The normalized spacial score (nSPS) is 15.5. The lowest BCUT2D eigenvalue weighted by atomic mass is 9.96. The van der Waals surface area contributed by atoms with E-state index in [1.807, 2.05) is 25.1 Å². The molecule has 1 amide bonds. The molecular formula is C23H22N2O5. The number of nitrogens with one attached hydrogen (secondary N) is 2. The molecule has 4 rings (SSSR count). The average Bonchev–Trinajstić information content (AvgIpc) is 2.74. The number of H-pyrrole nitrogens is 1. The Morgan fingerprint density at radius 3 is 2.83 bits per heavy atom. The molecule has 0 bridgehead atoms. The largest absolute Gasteiger partial charge is 0.482 e. The van der Waals surface area contributed by atoms with Gasteiger partial charge in [0, 0.05) is 24.6 Å². The lowest BCUT2D eigenvalue weighted by Crippen LogP contribution is -2.27. The summed E-state index contributed by atoms with van der Waals surface area (Å²) in [5.41, 5.74) is 2.05. The molecule has 2 heterocycles. The van der Waals surface area contributed by atoms with Gasteiger partial charge in [0.1, 0.15) is 11.8 Å². The first-order valence-electron chi connectivity index (χ1n) is 9.71. The molecule has 1 aromatic heterocycles. The van der Waals surface area contributed by atoms with E-state index in [1.165, 1.54) is 0 Å². The molecule has 154 valence electrons. The van der Waals surface area contributed by atoms with Crippen molar-refractivity contribution in [3.63, 3.8) is 0 Å². The highest BCUT2D eigenvalue weighted by atomic mass is 16.5. The van der Waals surface area contributed by atoms with Crippen LogP contribution in [0.1, 0.15) is 44.5 Å². The van der Waals surface area contributed by atoms with Gasteiger partial charge in [-0.05, 0) is 36.8 Å². The summed E-state index contributed by atoms with van der Waals surface area (Å²) in [5.74, 6) is -0.0388. The summed E-state index contributed by atoms with van der Waals surface area (Å²) in [6, 6.07) is 12.4. The van der Waals surface area contributed by atoms with Gasteiger partial charge < -0.3 is 19.8 Å². The summed E-state index contributed by atoms with van der Waals surface area (Å²) >= 11 is 0. The predicted octanol–water partition coefficient (Wildman–Crippen LogP) is 2.92. The average molecular weight is 406 g/mol. The van der Waals surface area contributed by atoms with E-state index < -0.39 is 6.10 Å². The van der Waals surface area contributed by atoms with Crippen LogP contribution in [-0.2, 0) is 4.74 Å². The molecule has 1 aliphatic heterocycles. The van der Waals surface area contributed by atoms with Gasteiger partial charge in [0.15, 0.2) is 11.5 Å². The number of ether oxygens (including phenoxy) is 2. The highest BCUT2D eigenvalue weighted by Gasteiger charge is 2.31. The van der Waals surface area contributed by atoms with Gasteiger partial charge in [0.25, 0.3) is 11.5 Å². The first-order chi connectivity index (χ1) is 14.5. The number of carbonyl (C=O) groups excluding carboxylic acids is 2. The number of hydrogen-bond donors (Lipinski definition) is 2. The number of Topliss-reactive ketones (excluding diaryl/α,β-unsaturated/α-hetero) is 1. The van der Waals surface area contributed by atoms with Gasteiger partial charge in [-0.1, -0.05) is 23.8 Å². The number of rotatable bonds is 5. The summed E-state index contributed by atoms with van der Waals surface area (Å²) in [4.78, 5) is 40.2. The van der Waals surface area contributed by atoms with Crippen molar-refractivity contribution in [2.45, 2.75) is 19.4 Å². The van der Waals surface area contributed by atoms with Crippen LogP contribution in [0.4, 0.5) is 0 Å². The number of ketones is 1. The van der Waals surface area contributed by atoms with Crippen LogP contribution in [0.25, 0.3) is 10.8 Å². The van der Waals surface area contributed by atoms with Crippen molar-refractivity contribution in [3.05, 3.63) is 75.2 Å². The third-order valence-electron chi connectivity index (χ3n) is 5.15. The van der Waals surface area contributed by atoms with Crippen LogP contribution >= 0.6 is 0 Å². The number of hydrogen-bond acceptors (Lipinski definition) is 5. The Labute approximate surface area is 173 Å². The summed E-state index contributed by atoms with van der Waals surface area (Å²) < 4.78 is 11.1. The summed E-state index contributed by atoms with van der Waals surface area (Å²) in [7, 11) is 1.57. The zero-order valence-corrected chi connectivity index (χ0v) is 16.8. The monoisotopic (exact) mass is 406 g/mol. The van der Waals surface area contributed by atoms with E-state index in [4.69, 9.17) is 9.47 Å². The standard InChI is InChI=1S/C23H22N2O5/c1-13-6-7-16-17(10-13)21-20(25-23(16)28)18(26)12-19(30-21)14-4-3-5-15(11-14)22(27)24-8-9-29-2/h3-7,10-11,19H,8-9,12H2,1-2H3,(H,24,27)(H,25,28). The number of benzene rings is 2. The topological polar surface area (TPSA) is 97.5 Å². The van der Waals surface area contributed by atoms with Gasteiger partial charge in [0.2, 0.25) is 0 Å². The number of aryl methyl sites for hydroxylation is 1. The van der Waals surface area contributed by atoms with E-state index in [2.05, 4.69) is 10.3 Å². The van der Waals surface area contributed by atoms with E-state index in [0.29, 0.717) is 35.2 Å². The minimum atomic E-state index is -0.550. The molecule has 0 radical (unpaired) electrons. The van der Waals surface area contributed by atoms with E-state index in [1.54, 1.807) is 31.4 Å². The van der Waals surface area contributed by atoms with E-state index >= 15 is 0 Å². The van der Waals surface area contributed by atoms with Crippen LogP contribution in [0.15, 0.2) is 47.3 Å². The fourth-order valence-corrected chi connectivity index (χ4v) is 3.62. The minimum absolute atomic E-state index is 0.0784. The molecule has 30 heavy (non-hydrogen) atoms. The second kappa shape index (κ2) is 8.12. The summed E-state index contributed by atoms with van der Waals surface area (Å²) in [6.07, 6.45) is -0.471. The first-order valence-corrected chi connectivity index (χ1v) is 9.71. The molecule has 0 saturated carbocycles. The van der Waals surface area contributed by atoms with Crippen molar-refractivity contribution >= 4 is 22.5 Å². The van der Waals surface area contributed by atoms with Crippen molar-refractivity contribution in [1.82, 2.24) is 10.3 Å². The van der Waals surface area contributed by atoms with Gasteiger partial charge in [-0.15, -0.1) is 0 Å². The molecule has 3 aromatic rings. The van der Waals surface area contributed by atoms with Crippen LogP contribution < -0.4 is 15.6 Å². The van der Waals surface area contributed by atoms with Crippen molar-refractivity contribution < 1.29 is 19.1 Å². The van der Waals surface area contributed by atoms with Gasteiger partial charge in [-0.2, -0.15) is 0 Å². The third kappa shape index (κ3) is 3.71. The second-order valence-corrected chi connectivity index (χ2v) is 7.32. The van der Waals surface area contributed by atoms with Crippen molar-refractivity contribution in [2.75, 3.05) is 20.3 Å². The number of aromatic nitrogens is 1. The van der Waals surface area contributed by atoms with Crippen LogP contribution in [0.2, 0.25) is 0 Å². The predicted molar refractivity (Wildman–Crippen MR) is 112 cm³/mol. The number of methoxy groups -OCH3 is 1. The van der Waals surface area contributed by atoms with Crippen LogP contribution in [0.3, 0.4) is 0 Å². The van der Waals surface area contributed by atoms with Gasteiger partial charge in [0.05, 0.1) is 18.4 Å². The second-order valence-electron chi connectivity index (χ2n) is 7.32.